The Kier molecular flexibility index (Phi) is 4.46. The molecule has 4 rings (SSSR count). The first kappa shape index (κ1) is 16.5. The molecule has 2 atom stereocenters. The van der Waals surface area contributed by atoms with Crippen LogP contribution in [0.1, 0.15) is 43.6 Å². The second-order valence-electron chi connectivity index (χ2n) is 7.83. The van der Waals surface area contributed by atoms with E-state index in [2.05, 4.69) is 15.2 Å². The van der Waals surface area contributed by atoms with Crippen LogP contribution in [0.15, 0.2) is 24.5 Å². The van der Waals surface area contributed by atoms with Gasteiger partial charge in [-0.1, -0.05) is 6.07 Å². The third-order valence-corrected chi connectivity index (χ3v) is 5.74. The average Bonchev–Trinajstić information content (AvgIpc) is 3.43. The van der Waals surface area contributed by atoms with E-state index in [0.717, 1.165) is 31.4 Å². The van der Waals surface area contributed by atoms with Crippen molar-refractivity contribution < 1.29 is 14.7 Å². The van der Waals surface area contributed by atoms with Crippen LogP contribution in [0, 0.1) is 11.8 Å². The van der Waals surface area contributed by atoms with Gasteiger partial charge in [0.25, 0.3) is 0 Å². The Morgan fingerprint density at radius 3 is 2.72 bits per heavy atom. The van der Waals surface area contributed by atoms with Crippen molar-refractivity contribution in [2.24, 2.45) is 11.8 Å². The van der Waals surface area contributed by atoms with Crippen LogP contribution in [0.5, 0.6) is 0 Å². The minimum atomic E-state index is -0.759. The number of nitrogens with zero attached hydrogens (tertiary/aromatic N) is 2. The van der Waals surface area contributed by atoms with Crippen molar-refractivity contribution in [2.45, 2.75) is 50.1 Å². The highest BCUT2D eigenvalue weighted by Crippen LogP contribution is 2.47. The van der Waals surface area contributed by atoms with Crippen LogP contribution < -0.4 is 5.32 Å². The minimum Gasteiger partial charge on any atom is -0.480 e. The van der Waals surface area contributed by atoms with Crippen LogP contribution in [-0.4, -0.2) is 52.0 Å². The molecular formula is C19H25N3O3. The van der Waals surface area contributed by atoms with Gasteiger partial charge in [0.15, 0.2) is 0 Å². The topological polar surface area (TPSA) is 82.5 Å². The first-order chi connectivity index (χ1) is 12.1. The van der Waals surface area contributed by atoms with Crippen LogP contribution >= 0.6 is 0 Å². The number of nitrogens with one attached hydrogen (secondary N) is 1. The van der Waals surface area contributed by atoms with E-state index in [-0.39, 0.29) is 24.4 Å². The Balaban J connectivity index is 1.22. The molecule has 0 aliphatic heterocycles. The standard InChI is InChI=1S/C19H25N3O3/c23-18(24)11-22(10-12-3-4-12)15-6-14(7-15)21-19(25)17-8-16(17)13-2-1-5-20-9-13/h1-2,5,9,12,14-17H,3-4,6-8,10-11H2,(H,21,25)(H,23,24)/t14?,15?,16-,17-/m0/s1. The number of hydrogen-bond donors (Lipinski definition) is 2. The van der Waals surface area contributed by atoms with Gasteiger partial charge >= 0.3 is 5.97 Å². The Morgan fingerprint density at radius 1 is 1.28 bits per heavy atom. The molecule has 3 saturated carbocycles. The molecule has 6 heteroatoms. The maximum atomic E-state index is 12.4. The minimum absolute atomic E-state index is 0.0739. The number of carbonyl (C=O) groups excluding carboxylic acids is 1. The Morgan fingerprint density at radius 2 is 2.08 bits per heavy atom. The number of aromatic nitrogens is 1. The average molecular weight is 343 g/mol. The molecule has 0 saturated heterocycles. The van der Waals surface area contributed by atoms with Gasteiger partial charge in [-0.25, -0.2) is 0 Å². The highest BCUT2D eigenvalue weighted by atomic mass is 16.4. The van der Waals surface area contributed by atoms with Gasteiger partial charge in [-0.05, 0) is 55.6 Å². The summed E-state index contributed by atoms with van der Waals surface area (Å²) in [6.45, 7) is 1.01. The quantitative estimate of drug-likeness (QED) is 0.750. The molecule has 0 radical (unpaired) electrons. The largest absolute Gasteiger partial charge is 0.480 e. The molecule has 0 aromatic carbocycles. The number of carboxylic acids is 1. The van der Waals surface area contributed by atoms with E-state index in [0.29, 0.717) is 17.9 Å². The van der Waals surface area contributed by atoms with E-state index >= 15 is 0 Å². The number of amides is 1. The van der Waals surface area contributed by atoms with E-state index in [9.17, 15) is 9.59 Å². The maximum absolute atomic E-state index is 12.4. The number of rotatable bonds is 8. The lowest BCUT2D eigenvalue weighted by atomic mass is 9.85. The molecule has 1 aromatic rings. The molecule has 1 heterocycles. The highest BCUT2D eigenvalue weighted by molar-refractivity contribution is 5.83. The summed E-state index contributed by atoms with van der Waals surface area (Å²) < 4.78 is 0. The first-order valence-electron chi connectivity index (χ1n) is 9.26. The van der Waals surface area contributed by atoms with Gasteiger partial charge in [-0.15, -0.1) is 0 Å². The van der Waals surface area contributed by atoms with Gasteiger partial charge in [-0.3, -0.25) is 19.5 Å². The molecule has 0 unspecified atom stereocenters. The number of aliphatic carboxylic acids is 1. The molecule has 1 aromatic heterocycles. The summed E-state index contributed by atoms with van der Waals surface area (Å²) in [4.78, 5) is 29.7. The van der Waals surface area contributed by atoms with E-state index in [4.69, 9.17) is 5.11 Å². The summed E-state index contributed by atoms with van der Waals surface area (Å²) in [6, 6.07) is 4.45. The summed E-state index contributed by atoms with van der Waals surface area (Å²) in [5.41, 5.74) is 1.14. The molecule has 0 spiro atoms. The zero-order valence-electron chi connectivity index (χ0n) is 14.3. The molecular weight excluding hydrogens is 318 g/mol. The predicted octanol–water partition coefficient (Wildman–Crippen LogP) is 1.63. The molecule has 3 aliphatic carbocycles. The van der Waals surface area contributed by atoms with Crippen molar-refractivity contribution in [1.82, 2.24) is 15.2 Å². The maximum Gasteiger partial charge on any atom is 0.317 e. The Hall–Kier alpha value is -1.95. The third kappa shape index (κ3) is 4.00. The van der Waals surface area contributed by atoms with Crippen molar-refractivity contribution in [3.63, 3.8) is 0 Å². The fourth-order valence-electron chi connectivity index (χ4n) is 3.91. The van der Waals surface area contributed by atoms with E-state index in [1.54, 1.807) is 6.20 Å². The molecule has 6 nitrogen and oxygen atoms in total. The van der Waals surface area contributed by atoms with Crippen molar-refractivity contribution in [3.05, 3.63) is 30.1 Å². The predicted molar refractivity (Wildman–Crippen MR) is 92.0 cm³/mol. The van der Waals surface area contributed by atoms with Crippen LogP contribution in [0.4, 0.5) is 0 Å². The number of carboxylic acid groups (broad SMARTS) is 1. The lowest BCUT2D eigenvalue weighted by Gasteiger charge is -2.42. The van der Waals surface area contributed by atoms with Crippen LogP contribution in [0.3, 0.4) is 0 Å². The second-order valence-corrected chi connectivity index (χ2v) is 7.83. The van der Waals surface area contributed by atoms with Gasteiger partial charge in [0.05, 0.1) is 6.54 Å². The summed E-state index contributed by atoms with van der Waals surface area (Å²) in [7, 11) is 0. The van der Waals surface area contributed by atoms with Crippen molar-refractivity contribution in [2.75, 3.05) is 13.1 Å². The molecule has 1 amide bonds. The molecule has 3 fully saturated rings. The van der Waals surface area contributed by atoms with Crippen molar-refractivity contribution in [1.29, 1.82) is 0 Å². The van der Waals surface area contributed by atoms with Gasteiger partial charge in [0, 0.05) is 36.9 Å². The normalized spacial score (nSPS) is 30.6. The van der Waals surface area contributed by atoms with Gasteiger partial charge < -0.3 is 10.4 Å². The molecule has 2 N–H and O–H groups in total. The molecule has 0 bridgehead atoms. The SMILES string of the molecule is O=C(O)CN(CC1CC1)C1CC(NC(=O)[C@H]2C[C@H]2c2cccnc2)C1. The zero-order valence-corrected chi connectivity index (χ0v) is 14.3. The van der Waals surface area contributed by atoms with Gasteiger partial charge in [-0.2, -0.15) is 0 Å². The summed E-state index contributed by atoms with van der Waals surface area (Å²) in [5, 5.41) is 12.3. The Labute approximate surface area is 147 Å². The number of hydrogen-bond acceptors (Lipinski definition) is 4. The smallest absolute Gasteiger partial charge is 0.317 e. The molecule has 134 valence electrons. The lowest BCUT2D eigenvalue weighted by Crippen LogP contribution is -2.55. The lowest BCUT2D eigenvalue weighted by molar-refractivity contribution is -0.140. The third-order valence-electron chi connectivity index (χ3n) is 5.74. The Bertz CT molecular complexity index is 641. The fraction of sp³-hybridized carbons (Fsp3) is 0.632. The van der Waals surface area contributed by atoms with Crippen LogP contribution in [0.25, 0.3) is 0 Å². The van der Waals surface area contributed by atoms with E-state index in [1.165, 1.54) is 12.8 Å². The van der Waals surface area contributed by atoms with Gasteiger partial charge in [0.2, 0.25) is 5.91 Å². The monoisotopic (exact) mass is 343 g/mol. The summed E-state index contributed by atoms with van der Waals surface area (Å²) in [6.07, 6.45) is 8.69. The molecule has 3 aliphatic rings. The van der Waals surface area contributed by atoms with Crippen molar-refractivity contribution in [3.8, 4) is 0 Å². The van der Waals surface area contributed by atoms with Crippen molar-refractivity contribution >= 4 is 11.9 Å². The van der Waals surface area contributed by atoms with E-state index in [1.807, 2.05) is 18.3 Å². The summed E-state index contributed by atoms with van der Waals surface area (Å²) >= 11 is 0. The second kappa shape index (κ2) is 6.75. The zero-order chi connectivity index (χ0) is 17.4. The fourth-order valence-corrected chi connectivity index (χ4v) is 3.91. The highest BCUT2D eigenvalue weighted by Gasteiger charge is 2.46. The summed E-state index contributed by atoms with van der Waals surface area (Å²) in [5.74, 6) is 0.446. The first-order valence-corrected chi connectivity index (χ1v) is 9.26. The van der Waals surface area contributed by atoms with Gasteiger partial charge in [0.1, 0.15) is 0 Å². The van der Waals surface area contributed by atoms with E-state index < -0.39 is 5.97 Å². The molecule has 25 heavy (non-hydrogen) atoms. The number of pyridine rings is 1. The number of carbonyl (C=O) groups is 2. The van der Waals surface area contributed by atoms with Crippen LogP contribution in [0.2, 0.25) is 0 Å². The van der Waals surface area contributed by atoms with Crippen LogP contribution in [-0.2, 0) is 9.59 Å².